The minimum absolute atomic E-state index is 0.000425. The van der Waals surface area contributed by atoms with E-state index < -0.39 is 9.84 Å². The number of hydrogen-bond donors (Lipinski definition) is 1. The normalized spacial score (nSPS) is 19.1. The SMILES string of the molecule is COc1ccc([C@@H](C)NCC(=O)N(Cc2ccco2)[C@@H]2CCS(=O)(=O)C2)cc1Br. The molecular weight excluding hydrogens is 460 g/mol. The van der Waals surface area contributed by atoms with Crippen LogP contribution in [0.25, 0.3) is 0 Å². The van der Waals surface area contributed by atoms with Crippen molar-refractivity contribution in [3.05, 3.63) is 52.4 Å². The van der Waals surface area contributed by atoms with Gasteiger partial charge in [-0.3, -0.25) is 4.79 Å². The summed E-state index contributed by atoms with van der Waals surface area (Å²) >= 11 is 3.47. The summed E-state index contributed by atoms with van der Waals surface area (Å²) in [5.41, 5.74) is 1.01. The van der Waals surface area contributed by atoms with E-state index in [1.165, 1.54) is 0 Å². The fraction of sp³-hybridized carbons (Fsp3) is 0.450. The Kier molecular flexibility index (Phi) is 7.02. The summed E-state index contributed by atoms with van der Waals surface area (Å²) in [5.74, 6) is 1.34. The van der Waals surface area contributed by atoms with Crippen LogP contribution in [0.1, 0.15) is 30.7 Å². The quantitative estimate of drug-likeness (QED) is 0.619. The topological polar surface area (TPSA) is 88.8 Å². The molecule has 1 aromatic carbocycles. The molecule has 2 atom stereocenters. The van der Waals surface area contributed by atoms with Gasteiger partial charge in [0.1, 0.15) is 11.5 Å². The lowest BCUT2D eigenvalue weighted by Crippen LogP contribution is -2.45. The summed E-state index contributed by atoms with van der Waals surface area (Å²) in [5, 5.41) is 3.23. The van der Waals surface area contributed by atoms with Gasteiger partial charge in [0.05, 0.1) is 42.4 Å². The molecule has 29 heavy (non-hydrogen) atoms. The molecule has 0 bridgehead atoms. The number of nitrogens with zero attached hydrogens (tertiary/aromatic N) is 1. The number of nitrogens with one attached hydrogen (secondary N) is 1. The van der Waals surface area contributed by atoms with E-state index in [1.807, 2.05) is 25.1 Å². The Balaban J connectivity index is 1.67. The maximum Gasteiger partial charge on any atom is 0.237 e. The number of benzene rings is 1. The number of carbonyl (C=O) groups excluding carboxylic acids is 1. The van der Waals surface area contributed by atoms with Crippen LogP contribution < -0.4 is 10.1 Å². The zero-order valence-electron chi connectivity index (χ0n) is 16.4. The minimum Gasteiger partial charge on any atom is -0.496 e. The fourth-order valence-electron chi connectivity index (χ4n) is 3.42. The van der Waals surface area contributed by atoms with Gasteiger partial charge in [0, 0.05) is 12.1 Å². The number of methoxy groups -OCH3 is 1. The molecule has 0 spiro atoms. The Hall–Kier alpha value is -1.84. The second-order valence-corrected chi connectivity index (χ2v) is 10.2. The summed E-state index contributed by atoms with van der Waals surface area (Å²) < 4.78 is 35.3. The van der Waals surface area contributed by atoms with Gasteiger partial charge in [0.25, 0.3) is 0 Å². The smallest absolute Gasteiger partial charge is 0.237 e. The molecule has 1 amide bonds. The molecule has 1 saturated heterocycles. The lowest BCUT2D eigenvalue weighted by atomic mass is 10.1. The Morgan fingerprint density at radius 1 is 1.41 bits per heavy atom. The Morgan fingerprint density at radius 2 is 2.21 bits per heavy atom. The highest BCUT2D eigenvalue weighted by molar-refractivity contribution is 9.10. The first-order valence-electron chi connectivity index (χ1n) is 9.38. The largest absolute Gasteiger partial charge is 0.496 e. The van der Waals surface area contributed by atoms with Gasteiger partial charge in [-0.2, -0.15) is 0 Å². The third kappa shape index (κ3) is 5.61. The van der Waals surface area contributed by atoms with E-state index in [-0.39, 0.29) is 42.6 Å². The molecule has 2 heterocycles. The maximum absolute atomic E-state index is 13.0. The highest BCUT2D eigenvalue weighted by Crippen LogP contribution is 2.28. The van der Waals surface area contributed by atoms with Crippen molar-refractivity contribution in [2.75, 3.05) is 25.2 Å². The van der Waals surface area contributed by atoms with Crippen molar-refractivity contribution >= 4 is 31.7 Å². The zero-order chi connectivity index (χ0) is 21.0. The zero-order valence-corrected chi connectivity index (χ0v) is 18.8. The van der Waals surface area contributed by atoms with Crippen molar-refractivity contribution in [1.82, 2.24) is 10.2 Å². The lowest BCUT2D eigenvalue weighted by Gasteiger charge is -2.28. The second-order valence-electron chi connectivity index (χ2n) is 7.15. The van der Waals surface area contributed by atoms with Crippen LogP contribution in [0.3, 0.4) is 0 Å². The van der Waals surface area contributed by atoms with E-state index in [2.05, 4.69) is 21.2 Å². The van der Waals surface area contributed by atoms with Crippen LogP contribution in [-0.4, -0.2) is 50.4 Å². The average molecular weight is 485 g/mol. The Labute approximate surface area is 179 Å². The standard InChI is InChI=1S/C20H25BrN2O5S/c1-14(15-5-6-19(27-2)18(21)10-15)22-11-20(24)23(12-17-4-3-8-28-17)16-7-9-29(25,26)13-16/h3-6,8,10,14,16,22H,7,9,11-13H2,1-2H3/t14-,16-/m1/s1. The predicted molar refractivity (Wildman–Crippen MR) is 113 cm³/mol. The van der Waals surface area contributed by atoms with Gasteiger partial charge in [0.2, 0.25) is 5.91 Å². The van der Waals surface area contributed by atoms with Crippen molar-refractivity contribution in [2.24, 2.45) is 0 Å². The predicted octanol–water partition coefficient (Wildman–Crippen LogP) is 2.92. The van der Waals surface area contributed by atoms with Crippen LogP contribution in [0.2, 0.25) is 0 Å². The lowest BCUT2D eigenvalue weighted by molar-refractivity contribution is -0.133. The van der Waals surface area contributed by atoms with E-state index >= 15 is 0 Å². The third-order valence-electron chi connectivity index (χ3n) is 5.11. The first-order valence-corrected chi connectivity index (χ1v) is 12.0. The second kappa shape index (κ2) is 9.32. The molecule has 0 unspecified atom stereocenters. The van der Waals surface area contributed by atoms with Gasteiger partial charge < -0.3 is 19.4 Å². The summed E-state index contributed by atoms with van der Waals surface area (Å²) in [6, 6.07) is 8.90. The van der Waals surface area contributed by atoms with Gasteiger partial charge in [-0.05, 0) is 59.1 Å². The summed E-state index contributed by atoms with van der Waals surface area (Å²) in [4.78, 5) is 14.6. The molecule has 158 valence electrons. The van der Waals surface area contributed by atoms with E-state index in [0.717, 1.165) is 15.8 Å². The highest BCUT2D eigenvalue weighted by atomic mass is 79.9. The van der Waals surface area contributed by atoms with Crippen molar-refractivity contribution in [2.45, 2.75) is 32.0 Å². The molecular formula is C20H25BrN2O5S. The molecule has 0 radical (unpaired) electrons. The highest BCUT2D eigenvalue weighted by Gasteiger charge is 2.35. The van der Waals surface area contributed by atoms with E-state index in [4.69, 9.17) is 9.15 Å². The van der Waals surface area contributed by atoms with E-state index in [0.29, 0.717) is 12.2 Å². The molecule has 1 aliphatic rings. The van der Waals surface area contributed by atoms with Gasteiger partial charge >= 0.3 is 0 Å². The molecule has 1 aliphatic heterocycles. The Morgan fingerprint density at radius 3 is 2.79 bits per heavy atom. The molecule has 2 aromatic rings. The van der Waals surface area contributed by atoms with E-state index in [9.17, 15) is 13.2 Å². The molecule has 0 aliphatic carbocycles. The number of halogens is 1. The molecule has 9 heteroatoms. The van der Waals surface area contributed by atoms with Gasteiger partial charge in [0.15, 0.2) is 9.84 Å². The summed E-state index contributed by atoms with van der Waals surface area (Å²) in [6.45, 7) is 2.33. The first-order chi connectivity index (χ1) is 13.8. The first kappa shape index (κ1) is 21.9. The number of hydrogen-bond acceptors (Lipinski definition) is 6. The minimum atomic E-state index is -3.10. The number of furan rings is 1. The summed E-state index contributed by atoms with van der Waals surface area (Å²) in [6.07, 6.45) is 2.00. The van der Waals surface area contributed by atoms with Crippen LogP contribution >= 0.6 is 15.9 Å². The fourth-order valence-corrected chi connectivity index (χ4v) is 5.71. The molecule has 0 saturated carbocycles. The molecule has 7 nitrogen and oxygen atoms in total. The number of amides is 1. The summed E-state index contributed by atoms with van der Waals surface area (Å²) in [7, 11) is -1.49. The molecule has 1 fully saturated rings. The monoisotopic (exact) mass is 484 g/mol. The van der Waals surface area contributed by atoms with Crippen molar-refractivity contribution in [1.29, 1.82) is 0 Å². The molecule has 1 N–H and O–H groups in total. The van der Waals surface area contributed by atoms with Crippen LogP contribution in [0.5, 0.6) is 5.75 Å². The Bertz CT molecular complexity index is 946. The van der Waals surface area contributed by atoms with Gasteiger partial charge in [-0.25, -0.2) is 8.42 Å². The van der Waals surface area contributed by atoms with E-state index in [1.54, 1.807) is 30.4 Å². The number of sulfone groups is 1. The van der Waals surface area contributed by atoms with Crippen molar-refractivity contribution < 1.29 is 22.4 Å². The molecule has 3 rings (SSSR count). The van der Waals surface area contributed by atoms with Crippen LogP contribution in [0, 0.1) is 0 Å². The average Bonchev–Trinajstić information content (AvgIpc) is 3.32. The maximum atomic E-state index is 13.0. The third-order valence-corrected chi connectivity index (χ3v) is 7.48. The van der Waals surface area contributed by atoms with Crippen molar-refractivity contribution in [3.63, 3.8) is 0 Å². The van der Waals surface area contributed by atoms with Gasteiger partial charge in [-0.15, -0.1) is 0 Å². The number of carbonyl (C=O) groups is 1. The van der Waals surface area contributed by atoms with Crippen LogP contribution in [0.4, 0.5) is 0 Å². The number of rotatable bonds is 8. The van der Waals surface area contributed by atoms with Gasteiger partial charge in [-0.1, -0.05) is 6.07 Å². The van der Waals surface area contributed by atoms with Crippen LogP contribution in [0.15, 0.2) is 45.5 Å². The van der Waals surface area contributed by atoms with Crippen LogP contribution in [-0.2, 0) is 21.2 Å². The number of ether oxygens (including phenoxy) is 1. The van der Waals surface area contributed by atoms with Crippen molar-refractivity contribution in [3.8, 4) is 5.75 Å². The molecule has 1 aromatic heterocycles.